The van der Waals surface area contributed by atoms with Crippen LogP contribution in [0.3, 0.4) is 0 Å². The molecule has 7 heteroatoms. The van der Waals surface area contributed by atoms with Gasteiger partial charge in [-0.05, 0) is 30.5 Å². The Labute approximate surface area is 139 Å². The van der Waals surface area contributed by atoms with Crippen LogP contribution < -0.4 is 16.5 Å². The van der Waals surface area contributed by atoms with Crippen molar-refractivity contribution in [2.24, 2.45) is 5.73 Å². The van der Waals surface area contributed by atoms with E-state index in [0.29, 0.717) is 23.2 Å². The number of nitrogens with zero attached hydrogens (tertiary/aromatic N) is 1. The number of allylic oxidation sites excluding steroid dienone is 1. The highest BCUT2D eigenvalue weighted by atomic mass is 16.3. The van der Waals surface area contributed by atoms with Gasteiger partial charge in [0.15, 0.2) is 6.21 Å². The van der Waals surface area contributed by atoms with Gasteiger partial charge in [-0.2, -0.15) is 0 Å². The lowest BCUT2D eigenvalue weighted by molar-refractivity contribution is -0.113. The number of carbonyl (C=O) groups excluding carboxylic acids is 2. The number of carbonyl (C=O) groups is 2. The average Bonchev–Trinajstić information content (AvgIpc) is 2.93. The monoisotopic (exact) mass is 327 g/mol. The van der Waals surface area contributed by atoms with Crippen LogP contribution in [0, 0.1) is 6.92 Å². The molecule has 0 aliphatic carbocycles. The molecule has 2 aliphatic heterocycles. The molecule has 2 amide bonds. The number of fused-ring (bicyclic) bond motifs is 2. The number of aliphatic hydroxyl groups is 1. The van der Waals surface area contributed by atoms with Gasteiger partial charge < -0.3 is 21.1 Å². The Kier molecular flexibility index (Phi) is 3.94. The zero-order chi connectivity index (χ0) is 17.4. The Hall–Kier alpha value is -2.93. The number of hydrogen-bond acceptors (Lipinski definition) is 4. The van der Waals surface area contributed by atoms with Gasteiger partial charge in [0, 0.05) is 12.3 Å². The molecule has 0 saturated heterocycles. The lowest BCUT2D eigenvalue weighted by atomic mass is 10.0. The highest BCUT2D eigenvalue weighted by Gasteiger charge is 2.39. The van der Waals surface area contributed by atoms with E-state index >= 15 is 0 Å². The van der Waals surface area contributed by atoms with E-state index in [1.165, 1.54) is 17.2 Å². The first-order valence-corrected chi connectivity index (χ1v) is 7.56. The minimum absolute atomic E-state index is 0.232. The SMILES string of the molecule is Cc1ccc2c(c1C=[NH2+])NC(O)C1CC(/C=C/C(N)=O)=CN1C2=O. The lowest BCUT2D eigenvalue weighted by Gasteiger charge is -2.24. The van der Waals surface area contributed by atoms with Crippen molar-refractivity contribution < 1.29 is 20.1 Å². The van der Waals surface area contributed by atoms with Crippen molar-refractivity contribution >= 4 is 23.7 Å². The number of benzene rings is 1. The van der Waals surface area contributed by atoms with E-state index in [-0.39, 0.29) is 5.91 Å². The Bertz CT molecular complexity index is 797. The summed E-state index contributed by atoms with van der Waals surface area (Å²) in [6.07, 6.45) is 5.31. The molecule has 2 atom stereocenters. The largest absolute Gasteiger partial charge is 0.372 e. The van der Waals surface area contributed by atoms with Crippen LogP contribution in [0.2, 0.25) is 0 Å². The molecule has 0 bridgehead atoms. The fourth-order valence-corrected chi connectivity index (χ4v) is 3.10. The summed E-state index contributed by atoms with van der Waals surface area (Å²) in [7, 11) is 0. The smallest absolute Gasteiger partial charge is 0.260 e. The Morgan fingerprint density at radius 3 is 2.92 bits per heavy atom. The molecule has 1 aromatic rings. The standard InChI is InChI=1S/C17H18N4O3/c1-9-2-4-11-15(12(9)7-18)20-16(23)13-6-10(3-5-14(19)22)8-21(13)17(11)24/h2-5,7-8,13,16,18,20,23H,6H2,1H3,(H2,19,22)/p+1/b5-3+,18-7?. The second-order valence-electron chi connectivity index (χ2n) is 5.90. The molecule has 2 heterocycles. The number of rotatable bonds is 3. The van der Waals surface area contributed by atoms with Crippen LogP contribution in [0.15, 0.2) is 36.1 Å². The summed E-state index contributed by atoms with van der Waals surface area (Å²) in [5, 5.41) is 19.2. The number of nitrogens with two attached hydrogens (primary N) is 2. The quantitative estimate of drug-likeness (QED) is 0.423. The molecule has 2 aliphatic rings. The number of hydrogen-bond donors (Lipinski definition) is 4. The van der Waals surface area contributed by atoms with Crippen molar-refractivity contribution in [1.29, 1.82) is 0 Å². The van der Waals surface area contributed by atoms with Crippen LogP contribution in [0.25, 0.3) is 0 Å². The maximum atomic E-state index is 12.9. The van der Waals surface area contributed by atoms with Gasteiger partial charge >= 0.3 is 0 Å². The summed E-state index contributed by atoms with van der Waals surface area (Å²) in [6, 6.07) is 3.06. The van der Waals surface area contributed by atoms with E-state index in [1.807, 2.05) is 13.0 Å². The van der Waals surface area contributed by atoms with Crippen LogP contribution in [0.5, 0.6) is 0 Å². The summed E-state index contributed by atoms with van der Waals surface area (Å²) in [5.74, 6) is -0.795. The Morgan fingerprint density at radius 2 is 2.25 bits per heavy atom. The van der Waals surface area contributed by atoms with E-state index in [0.717, 1.165) is 11.1 Å². The summed E-state index contributed by atoms with van der Waals surface area (Å²) in [6.45, 7) is 1.89. The van der Waals surface area contributed by atoms with Crippen molar-refractivity contribution in [1.82, 2.24) is 4.90 Å². The minimum atomic E-state index is -0.966. The van der Waals surface area contributed by atoms with Crippen LogP contribution in [0.4, 0.5) is 5.69 Å². The maximum Gasteiger partial charge on any atom is 0.260 e. The van der Waals surface area contributed by atoms with E-state index in [9.17, 15) is 14.7 Å². The van der Waals surface area contributed by atoms with E-state index in [1.54, 1.807) is 18.3 Å². The summed E-state index contributed by atoms with van der Waals surface area (Å²) < 4.78 is 0. The first-order chi connectivity index (χ1) is 11.4. The number of nitrogens with one attached hydrogen (secondary N) is 1. The molecular weight excluding hydrogens is 308 g/mol. The van der Waals surface area contributed by atoms with Gasteiger partial charge in [-0.1, -0.05) is 12.1 Å². The van der Waals surface area contributed by atoms with Crippen molar-refractivity contribution in [2.45, 2.75) is 25.6 Å². The molecule has 124 valence electrons. The zero-order valence-corrected chi connectivity index (χ0v) is 13.2. The predicted octanol–water partition coefficient (Wildman–Crippen LogP) is -0.943. The highest BCUT2D eigenvalue weighted by Crippen LogP contribution is 2.34. The molecule has 3 rings (SSSR count). The van der Waals surface area contributed by atoms with Gasteiger partial charge in [-0.3, -0.25) is 15.0 Å². The van der Waals surface area contributed by atoms with Crippen LogP contribution in [-0.4, -0.2) is 40.3 Å². The van der Waals surface area contributed by atoms with Crippen LogP contribution in [-0.2, 0) is 4.79 Å². The van der Waals surface area contributed by atoms with Gasteiger partial charge in [0.25, 0.3) is 5.91 Å². The van der Waals surface area contributed by atoms with Crippen molar-refractivity contribution in [3.8, 4) is 0 Å². The van der Waals surface area contributed by atoms with Crippen LogP contribution >= 0.6 is 0 Å². The van der Waals surface area contributed by atoms with E-state index in [2.05, 4.69) is 5.32 Å². The molecule has 2 unspecified atom stereocenters. The normalized spacial score (nSPS) is 22.5. The number of amides is 2. The summed E-state index contributed by atoms with van der Waals surface area (Å²) >= 11 is 0. The van der Waals surface area contributed by atoms with E-state index in [4.69, 9.17) is 11.1 Å². The molecule has 0 saturated carbocycles. The molecule has 7 nitrogen and oxygen atoms in total. The molecule has 0 fully saturated rings. The number of aryl methyl sites for hydroxylation is 1. The Morgan fingerprint density at radius 1 is 1.50 bits per heavy atom. The van der Waals surface area contributed by atoms with Gasteiger partial charge in [0.2, 0.25) is 5.91 Å². The topological polar surface area (TPSA) is 121 Å². The third-order valence-electron chi connectivity index (χ3n) is 4.32. The molecule has 0 spiro atoms. The first kappa shape index (κ1) is 15.9. The number of primary amides is 1. The third-order valence-corrected chi connectivity index (χ3v) is 4.32. The minimum Gasteiger partial charge on any atom is -0.372 e. The zero-order valence-electron chi connectivity index (χ0n) is 13.2. The van der Waals surface area contributed by atoms with Gasteiger partial charge in [-0.15, -0.1) is 0 Å². The predicted molar refractivity (Wildman–Crippen MR) is 88.9 cm³/mol. The fraction of sp³-hybridized carbons (Fsp3) is 0.235. The summed E-state index contributed by atoms with van der Waals surface area (Å²) in [4.78, 5) is 25.2. The van der Waals surface area contributed by atoms with Gasteiger partial charge in [0.1, 0.15) is 6.23 Å². The molecule has 24 heavy (non-hydrogen) atoms. The van der Waals surface area contributed by atoms with Crippen molar-refractivity contribution in [2.75, 3.05) is 5.32 Å². The second-order valence-corrected chi connectivity index (χ2v) is 5.90. The molecule has 1 aromatic carbocycles. The highest BCUT2D eigenvalue weighted by molar-refractivity contribution is 6.05. The van der Waals surface area contributed by atoms with Crippen molar-refractivity contribution in [3.63, 3.8) is 0 Å². The number of aliphatic hydroxyl groups excluding tert-OH is 1. The summed E-state index contributed by atoms with van der Waals surface area (Å²) in [5.41, 5.74) is 8.42. The van der Waals surface area contributed by atoms with Gasteiger partial charge in [0.05, 0.1) is 22.9 Å². The molecule has 6 N–H and O–H groups in total. The lowest BCUT2D eigenvalue weighted by Crippen LogP contribution is -2.42. The van der Waals surface area contributed by atoms with Crippen molar-refractivity contribution in [3.05, 3.63) is 52.7 Å². The Balaban J connectivity index is 2.04. The van der Waals surface area contributed by atoms with E-state index < -0.39 is 18.2 Å². The molecule has 0 radical (unpaired) electrons. The molecule has 0 aromatic heterocycles. The average molecular weight is 327 g/mol. The second kappa shape index (κ2) is 5.93. The third kappa shape index (κ3) is 2.59. The maximum absolute atomic E-state index is 12.9. The fourth-order valence-electron chi connectivity index (χ4n) is 3.10. The van der Waals surface area contributed by atoms with Crippen LogP contribution in [0.1, 0.15) is 27.9 Å². The first-order valence-electron chi connectivity index (χ1n) is 7.56. The number of anilines is 1. The molecular formula is C17H19N4O3+. The van der Waals surface area contributed by atoms with Gasteiger partial charge in [-0.25, -0.2) is 0 Å².